The first kappa shape index (κ1) is 11.7. The molecular formula is C10H17N3O2. The molecule has 0 aliphatic carbocycles. The Labute approximate surface area is 89.3 Å². The van der Waals surface area contributed by atoms with Gasteiger partial charge in [0.1, 0.15) is 5.76 Å². The highest BCUT2D eigenvalue weighted by Crippen LogP contribution is 1.99. The number of oxazole rings is 1. The molecule has 0 radical (unpaired) electrons. The molecule has 1 aromatic heterocycles. The van der Waals surface area contributed by atoms with Gasteiger partial charge in [0.25, 0.3) is 0 Å². The van der Waals surface area contributed by atoms with Crippen LogP contribution in [0.1, 0.15) is 25.0 Å². The first-order chi connectivity index (χ1) is 7.22. The van der Waals surface area contributed by atoms with Gasteiger partial charge < -0.3 is 9.73 Å². The molecule has 0 aliphatic rings. The fourth-order valence-electron chi connectivity index (χ4n) is 1.09. The van der Waals surface area contributed by atoms with Crippen LogP contribution >= 0.6 is 0 Å². The van der Waals surface area contributed by atoms with Crippen LogP contribution in [0, 0.1) is 6.92 Å². The van der Waals surface area contributed by atoms with Crippen LogP contribution in [-0.2, 0) is 11.3 Å². The number of hydrogen-bond acceptors (Lipinski definition) is 4. The number of nitrogens with zero attached hydrogens (tertiary/aromatic N) is 1. The smallest absolute Gasteiger partial charge is 0.233 e. The zero-order chi connectivity index (χ0) is 11.1. The lowest BCUT2D eigenvalue weighted by Gasteiger charge is -2.03. The highest BCUT2D eigenvalue weighted by molar-refractivity contribution is 5.77. The van der Waals surface area contributed by atoms with Gasteiger partial charge in [-0.05, 0) is 13.3 Å². The summed E-state index contributed by atoms with van der Waals surface area (Å²) in [5.41, 5.74) is 0. The monoisotopic (exact) mass is 211 g/mol. The molecule has 5 nitrogen and oxygen atoms in total. The van der Waals surface area contributed by atoms with Crippen LogP contribution < -0.4 is 10.6 Å². The molecule has 0 unspecified atom stereocenters. The van der Waals surface area contributed by atoms with Crippen molar-refractivity contribution in [2.75, 3.05) is 13.1 Å². The Hall–Kier alpha value is -1.36. The number of aryl methyl sites for hydroxylation is 1. The summed E-state index contributed by atoms with van der Waals surface area (Å²) in [4.78, 5) is 15.2. The van der Waals surface area contributed by atoms with E-state index in [-0.39, 0.29) is 5.91 Å². The van der Waals surface area contributed by atoms with Gasteiger partial charge in [0, 0.05) is 6.54 Å². The molecule has 2 N–H and O–H groups in total. The summed E-state index contributed by atoms with van der Waals surface area (Å²) in [6.07, 6.45) is 2.61. The summed E-state index contributed by atoms with van der Waals surface area (Å²) in [6.45, 7) is 5.35. The minimum Gasteiger partial charge on any atom is -0.445 e. The van der Waals surface area contributed by atoms with Gasteiger partial charge in [-0.15, -0.1) is 0 Å². The average molecular weight is 211 g/mol. The minimum absolute atomic E-state index is 0.000119. The quantitative estimate of drug-likeness (QED) is 0.723. The standard InChI is InChI=1S/C10H17N3O2/c1-3-4-12-9(14)6-11-7-10-13-5-8(2)15-10/h5,11H,3-4,6-7H2,1-2H3,(H,12,14). The van der Waals surface area contributed by atoms with E-state index in [9.17, 15) is 4.79 Å². The lowest BCUT2D eigenvalue weighted by atomic mass is 10.4. The molecule has 0 spiro atoms. The number of hydrogen-bond donors (Lipinski definition) is 2. The lowest BCUT2D eigenvalue weighted by Crippen LogP contribution is -2.33. The zero-order valence-electron chi connectivity index (χ0n) is 9.17. The molecule has 0 aliphatic heterocycles. The van der Waals surface area contributed by atoms with Crippen LogP contribution in [0.25, 0.3) is 0 Å². The molecule has 0 aromatic carbocycles. The number of carbonyl (C=O) groups is 1. The Kier molecular flexibility index (Phi) is 4.83. The van der Waals surface area contributed by atoms with Crippen LogP contribution in [0.3, 0.4) is 0 Å². The van der Waals surface area contributed by atoms with Gasteiger partial charge in [-0.3, -0.25) is 10.1 Å². The number of rotatable bonds is 6. The maximum atomic E-state index is 11.2. The minimum atomic E-state index is 0.000119. The van der Waals surface area contributed by atoms with E-state index in [1.165, 1.54) is 0 Å². The van der Waals surface area contributed by atoms with Crippen molar-refractivity contribution in [2.24, 2.45) is 0 Å². The molecule has 0 saturated heterocycles. The molecule has 5 heteroatoms. The van der Waals surface area contributed by atoms with Crippen molar-refractivity contribution in [2.45, 2.75) is 26.8 Å². The summed E-state index contributed by atoms with van der Waals surface area (Å²) < 4.78 is 5.24. The SMILES string of the molecule is CCCNC(=O)CNCc1ncc(C)o1. The predicted molar refractivity (Wildman–Crippen MR) is 56.2 cm³/mol. The van der Waals surface area contributed by atoms with E-state index >= 15 is 0 Å². The van der Waals surface area contributed by atoms with Crippen LogP contribution in [0.4, 0.5) is 0 Å². The van der Waals surface area contributed by atoms with Gasteiger partial charge in [-0.2, -0.15) is 0 Å². The van der Waals surface area contributed by atoms with Crippen molar-refractivity contribution >= 4 is 5.91 Å². The molecule has 1 aromatic rings. The summed E-state index contributed by atoms with van der Waals surface area (Å²) in [7, 11) is 0. The second-order valence-corrected chi connectivity index (χ2v) is 3.32. The molecular weight excluding hydrogens is 194 g/mol. The first-order valence-electron chi connectivity index (χ1n) is 5.11. The fourth-order valence-corrected chi connectivity index (χ4v) is 1.09. The second kappa shape index (κ2) is 6.19. The normalized spacial score (nSPS) is 10.3. The van der Waals surface area contributed by atoms with Crippen molar-refractivity contribution in [1.82, 2.24) is 15.6 Å². The van der Waals surface area contributed by atoms with Gasteiger partial charge in [0.05, 0.1) is 19.3 Å². The van der Waals surface area contributed by atoms with E-state index in [2.05, 4.69) is 15.6 Å². The van der Waals surface area contributed by atoms with E-state index in [0.717, 1.165) is 18.7 Å². The molecule has 0 bridgehead atoms. The summed E-state index contributed by atoms with van der Waals surface area (Å²) in [5, 5.41) is 5.73. The maximum absolute atomic E-state index is 11.2. The Morgan fingerprint density at radius 2 is 2.40 bits per heavy atom. The number of carbonyl (C=O) groups excluding carboxylic acids is 1. The van der Waals surface area contributed by atoms with Gasteiger partial charge in [-0.1, -0.05) is 6.92 Å². The highest BCUT2D eigenvalue weighted by atomic mass is 16.4. The second-order valence-electron chi connectivity index (χ2n) is 3.32. The molecule has 0 atom stereocenters. The van der Waals surface area contributed by atoms with Crippen LogP contribution in [-0.4, -0.2) is 24.0 Å². The van der Waals surface area contributed by atoms with Gasteiger partial charge in [0.2, 0.25) is 11.8 Å². The third kappa shape index (κ3) is 4.60. The van der Waals surface area contributed by atoms with Gasteiger partial charge in [-0.25, -0.2) is 4.98 Å². The molecule has 84 valence electrons. The van der Waals surface area contributed by atoms with E-state index in [1.807, 2.05) is 13.8 Å². The topological polar surface area (TPSA) is 67.2 Å². The third-order valence-corrected chi connectivity index (χ3v) is 1.80. The number of aromatic nitrogens is 1. The van der Waals surface area contributed by atoms with Crippen molar-refractivity contribution < 1.29 is 9.21 Å². The number of nitrogens with one attached hydrogen (secondary N) is 2. The van der Waals surface area contributed by atoms with Crippen LogP contribution in [0.2, 0.25) is 0 Å². The van der Waals surface area contributed by atoms with Gasteiger partial charge in [0.15, 0.2) is 0 Å². The maximum Gasteiger partial charge on any atom is 0.233 e. The first-order valence-corrected chi connectivity index (χ1v) is 5.11. The van der Waals surface area contributed by atoms with Crippen molar-refractivity contribution in [3.05, 3.63) is 17.8 Å². The Morgan fingerprint density at radius 1 is 1.60 bits per heavy atom. The van der Waals surface area contributed by atoms with Crippen molar-refractivity contribution in [3.8, 4) is 0 Å². The molecule has 0 saturated carbocycles. The average Bonchev–Trinajstić information content (AvgIpc) is 2.61. The summed E-state index contributed by atoms with van der Waals surface area (Å²) in [6, 6.07) is 0. The summed E-state index contributed by atoms with van der Waals surface area (Å²) >= 11 is 0. The molecule has 15 heavy (non-hydrogen) atoms. The van der Waals surface area contributed by atoms with E-state index in [4.69, 9.17) is 4.42 Å². The summed E-state index contributed by atoms with van der Waals surface area (Å²) in [5.74, 6) is 1.39. The Bertz CT molecular complexity index is 309. The van der Waals surface area contributed by atoms with E-state index in [0.29, 0.717) is 19.0 Å². The Balaban J connectivity index is 2.13. The molecule has 1 heterocycles. The fraction of sp³-hybridized carbons (Fsp3) is 0.600. The van der Waals surface area contributed by atoms with Crippen molar-refractivity contribution in [1.29, 1.82) is 0 Å². The lowest BCUT2D eigenvalue weighted by molar-refractivity contribution is -0.120. The number of amides is 1. The van der Waals surface area contributed by atoms with Gasteiger partial charge >= 0.3 is 0 Å². The van der Waals surface area contributed by atoms with Crippen LogP contribution in [0.5, 0.6) is 0 Å². The molecule has 1 rings (SSSR count). The molecule has 1 amide bonds. The van der Waals surface area contributed by atoms with Crippen LogP contribution in [0.15, 0.2) is 10.6 Å². The highest BCUT2D eigenvalue weighted by Gasteiger charge is 2.02. The molecule has 0 fully saturated rings. The predicted octanol–water partition coefficient (Wildman–Crippen LogP) is 0.599. The largest absolute Gasteiger partial charge is 0.445 e. The zero-order valence-corrected chi connectivity index (χ0v) is 9.17. The van der Waals surface area contributed by atoms with E-state index in [1.54, 1.807) is 6.20 Å². The van der Waals surface area contributed by atoms with E-state index < -0.39 is 0 Å². The Morgan fingerprint density at radius 3 is 3.00 bits per heavy atom. The third-order valence-electron chi connectivity index (χ3n) is 1.80. The van der Waals surface area contributed by atoms with Crippen molar-refractivity contribution in [3.63, 3.8) is 0 Å².